The van der Waals surface area contributed by atoms with Crippen LogP contribution in [-0.2, 0) is 14.2 Å². The first-order valence-electron chi connectivity index (χ1n) is 13.0. The fraction of sp³-hybridized carbons (Fsp3) is 0.519. The summed E-state index contributed by atoms with van der Waals surface area (Å²) in [4.78, 5) is 13.1. The number of fused-ring (bicyclic) bond motifs is 1. The van der Waals surface area contributed by atoms with Gasteiger partial charge in [-0.3, -0.25) is 4.79 Å². The number of ether oxygens (including phenoxy) is 4. The number of Topliss-reactive ketones (excluding diaryl/α,β-unsaturated/α-hetero) is 1. The highest BCUT2D eigenvalue weighted by molar-refractivity contribution is 6.03. The molecule has 3 aliphatic rings. The van der Waals surface area contributed by atoms with Crippen molar-refractivity contribution in [1.82, 2.24) is 0 Å². The quantitative estimate of drug-likeness (QED) is 0.204. The molecule has 0 radical (unpaired) electrons. The molecule has 14 nitrogen and oxygen atoms in total. The van der Waals surface area contributed by atoms with Gasteiger partial charge in [0.1, 0.15) is 83.5 Å². The predicted molar refractivity (Wildman–Crippen MR) is 134 cm³/mol. The number of ketones is 1. The van der Waals surface area contributed by atoms with Crippen LogP contribution in [0.4, 0.5) is 0 Å². The predicted octanol–water partition coefficient (Wildman–Crippen LogP) is -1.12. The summed E-state index contributed by atoms with van der Waals surface area (Å²) >= 11 is 0. The number of rotatable bonds is 5. The van der Waals surface area contributed by atoms with Gasteiger partial charge in [0, 0.05) is 6.07 Å². The van der Waals surface area contributed by atoms with Gasteiger partial charge in [-0.2, -0.15) is 0 Å². The van der Waals surface area contributed by atoms with Crippen molar-refractivity contribution < 1.29 is 69.7 Å². The summed E-state index contributed by atoms with van der Waals surface area (Å²) in [6.07, 6.45) is -16.4. The molecule has 0 saturated carbocycles. The number of hydrogen-bond donors (Lipinski definition) is 9. The van der Waals surface area contributed by atoms with Gasteiger partial charge in [-0.25, -0.2) is 0 Å². The average molecular weight is 581 g/mol. The molecule has 2 saturated heterocycles. The second kappa shape index (κ2) is 11.3. The molecule has 0 aliphatic carbocycles. The molecule has 3 heterocycles. The molecule has 5 rings (SSSR count). The topological polar surface area (TPSA) is 236 Å². The van der Waals surface area contributed by atoms with Crippen molar-refractivity contribution in [3.8, 4) is 23.0 Å². The lowest BCUT2D eigenvalue weighted by atomic mass is 9.87. The van der Waals surface area contributed by atoms with Gasteiger partial charge in [0.2, 0.25) is 0 Å². The van der Waals surface area contributed by atoms with E-state index in [1.54, 1.807) is 12.1 Å². The molecule has 2 aromatic carbocycles. The monoisotopic (exact) mass is 580 g/mol. The normalized spacial score (nSPS) is 37.3. The maximum atomic E-state index is 13.1. The van der Waals surface area contributed by atoms with E-state index in [1.165, 1.54) is 19.1 Å². The fourth-order valence-electron chi connectivity index (χ4n) is 5.30. The highest BCUT2D eigenvalue weighted by Gasteiger charge is 2.48. The van der Waals surface area contributed by atoms with E-state index in [9.17, 15) is 50.8 Å². The van der Waals surface area contributed by atoms with Crippen molar-refractivity contribution >= 4 is 5.78 Å². The van der Waals surface area contributed by atoms with Gasteiger partial charge < -0.3 is 64.9 Å². The van der Waals surface area contributed by atoms with Gasteiger partial charge in [0.25, 0.3) is 0 Å². The van der Waals surface area contributed by atoms with Crippen LogP contribution in [-0.4, -0.2) is 113 Å². The minimum atomic E-state index is -1.87. The minimum Gasteiger partial charge on any atom is -0.508 e. The molecule has 224 valence electrons. The third-order valence-electron chi connectivity index (χ3n) is 7.70. The van der Waals surface area contributed by atoms with E-state index in [2.05, 4.69) is 0 Å². The Morgan fingerprint density at radius 2 is 1.51 bits per heavy atom. The van der Waals surface area contributed by atoms with E-state index in [-0.39, 0.29) is 23.5 Å². The van der Waals surface area contributed by atoms with Crippen LogP contribution in [0.5, 0.6) is 23.0 Å². The average Bonchev–Trinajstić information content (AvgIpc) is 2.93. The van der Waals surface area contributed by atoms with Crippen molar-refractivity contribution in [3.05, 3.63) is 47.0 Å². The number of phenolic OH excluding ortho intramolecular Hbond substituents is 3. The summed E-state index contributed by atoms with van der Waals surface area (Å²) < 4.78 is 22.4. The Morgan fingerprint density at radius 3 is 2.20 bits per heavy atom. The highest BCUT2D eigenvalue weighted by atomic mass is 16.7. The lowest BCUT2D eigenvalue weighted by Crippen LogP contribution is -2.59. The van der Waals surface area contributed by atoms with Crippen LogP contribution >= 0.6 is 0 Å². The first-order chi connectivity index (χ1) is 19.4. The number of aliphatic hydroxyl groups excluding tert-OH is 6. The molecule has 2 fully saturated rings. The molecule has 11 unspecified atom stereocenters. The van der Waals surface area contributed by atoms with Gasteiger partial charge >= 0.3 is 0 Å². The molecular formula is C27H32O14. The van der Waals surface area contributed by atoms with Crippen molar-refractivity contribution in [2.75, 3.05) is 6.61 Å². The zero-order valence-electron chi connectivity index (χ0n) is 21.7. The van der Waals surface area contributed by atoms with Crippen molar-refractivity contribution in [2.24, 2.45) is 0 Å². The smallest absolute Gasteiger partial charge is 0.186 e. The molecule has 0 amide bonds. The van der Waals surface area contributed by atoms with E-state index >= 15 is 0 Å². The van der Waals surface area contributed by atoms with Crippen LogP contribution < -0.4 is 4.74 Å². The lowest BCUT2D eigenvalue weighted by molar-refractivity contribution is -0.308. The number of hydrogen-bond acceptors (Lipinski definition) is 14. The standard InChI is InChI=1S/C27H32O14/c1-9-19(31)22(34)25(37)27(39-9)38-8-16-20(32)23(35)24(36)26(41-16)18-13(30)7-15-17(21(18)33)12(29)6-14(40-15)10-2-4-11(28)5-3-10/h2-5,7,9,14,16,19-20,22-28,30-37H,6,8H2,1H3. The van der Waals surface area contributed by atoms with Crippen LogP contribution in [0.25, 0.3) is 0 Å². The van der Waals surface area contributed by atoms with E-state index < -0.39 is 96.8 Å². The first kappa shape index (κ1) is 29.4. The molecule has 9 N–H and O–H groups in total. The zero-order chi connectivity index (χ0) is 29.7. The summed E-state index contributed by atoms with van der Waals surface area (Å²) in [6.45, 7) is 0.888. The van der Waals surface area contributed by atoms with Crippen molar-refractivity contribution in [3.63, 3.8) is 0 Å². The van der Waals surface area contributed by atoms with Crippen molar-refractivity contribution in [2.45, 2.75) is 80.7 Å². The Morgan fingerprint density at radius 1 is 0.854 bits per heavy atom. The lowest BCUT2D eigenvalue weighted by Gasteiger charge is -2.43. The van der Waals surface area contributed by atoms with E-state index in [4.69, 9.17) is 18.9 Å². The zero-order valence-corrected chi connectivity index (χ0v) is 21.7. The molecule has 0 spiro atoms. The van der Waals surface area contributed by atoms with Crippen LogP contribution in [0, 0.1) is 0 Å². The van der Waals surface area contributed by atoms with Crippen LogP contribution in [0.3, 0.4) is 0 Å². The summed E-state index contributed by atoms with van der Waals surface area (Å²) in [5.74, 6) is -2.05. The third-order valence-corrected chi connectivity index (χ3v) is 7.70. The maximum absolute atomic E-state index is 13.1. The van der Waals surface area contributed by atoms with Crippen LogP contribution in [0.2, 0.25) is 0 Å². The number of benzene rings is 2. The van der Waals surface area contributed by atoms with E-state index in [0.717, 1.165) is 6.07 Å². The third kappa shape index (κ3) is 5.34. The van der Waals surface area contributed by atoms with Crippen molar-refractivity contribution in [1.29, 1.82) is 0 Å². The number of carbonyl (C=O) groups is 1. The number of aliphatic hydroxyl groups is 6. The Kier molecular flexibility index (Phi) is 8.13. The second-order valence-corrected chi connectivity index (χ2v) is 10.4. The Labute approximate surface area is 233 Å². The molecule has 41 heavy (non-hydrogen) atoms. The van der Waals surface area contributed by atoms with Gasteiger partial charge in [-0.15, -0.1) is 0 Å². The summed E-state index contributed by atoms with van der Waals surface area (Å²) in [7, 11) is 0. The SMILES string of the molecule is CC1OC(OCC2OC(c3c(O)cc4c(c3O)C(=O)CC(c3ccc(O)cc3)O4)C(O)C(O)C2O)C(O)C(O)C1O. The molecule has 0 aromatic heterocycles. The van der Waals surface area contributed by atoms with Gasteiger partial charge in [0.15, 0.2) is 12.1 Å². The first-order valence-corrected chi connectivity index (χ1v) is 13.0. The fourth-order valence-corrected chi connectivity index (χ4v) is 5.30. The number of aromatic hydroxyl groups is 3. The van der Waals surface area contributed by atoms with E-state index in [0.29, 0.717) is 5.56 Å². The van der Waals surface area contributed by atoms with Gasteiger partial charge in [0.05, 0.1) is 24.7 Å². The van der Waals surface area contributed by atoms with Crippen LogP contribution in [0.1, 0.15) is 47.0 Å². The Hall–Kier alpha value is -3.05. The minimum absolute atomic E-state index is 0.0201. The molecule has 11 atom stereocenters. The summed E-state index contributed by atoms with van der Waals surface area (Å²) in [5, 5.41) is 93.2. The summed E-state index contributed by atoms with van der Waals surface area (Å²) in [6, 6.07) is 7.04. The molecule has 0 bridgehead atoms. The van der Waals surface area contributed by atoms with Gasteiger partial charge in [-0.1, -0.05) is 12.1 Å². The number of carbonyl (C=O) groups excluding carboxylic acids is 1. The number of phenols is 3. The Bertz CT molecular complexity index is 1270. The molecule has 2 aromatic rings. The summed E-state index contributed by atoms with van der Waals surface area (Å²) in [5.41, 5.74) is -0.148. The second-order valence-electron chi connectivity index (χ2n) is 10.4. The highest BCUT2D eigenvalue weighted by Crippen LogP contribution is 2.49. The largest absolute Gasteiger partial charge is 0.508 e. The van der Waals surface area contributed by atoms with Gasteiger partial charge in [-0.05, 0) is 24.6 Å². The molecular weight excluding hydrogens is 548 g/mol. The molecule has 3 aliphatic heterocycles. The van der Waals surface area contributed by atoms with Crippen LogP contribution in [0.15, 0.2) is 30.3 Å². The Balaban J connectivity index is 1.38. The van der Waals surface area contributed by atoms with E-state index in [1.807, 2.05) is 0 Å². The molecule has 14 heteroatoms. The maximum Gasteiger partial charge on any atom is 0.186 e.